The van der Waals surface area contributed by atoms with Crippen molar-refractivity contribution in [2.75, 3.05) is 16.8 Å². The third-order valence-corrected chi connectivity index (χ3v) is 5.30. The number of aliphatic carboxylic acids is 1. The number of aromatic nitrogens is 2. The molecule has 0 atom stereocenters. The van der Waals surface area contributed by atoms with Crippen molar-refractivity contribution in [1.82, 2.24) is 9.97 Å². The van der Waals surface area contributed by atoms with E-state index < -0.39 is 5.97 Å². The normalized spacial score (nSPS) is 12.5. The molecule has 0 spiro atoms. The summed E-state index contributed by atoms with van der Waals surface area (Å²) >= 11 is 3.07. The van der Waals surface area contributed by atoms with Crippen LogP contribution in [0.1, 0.15) is 17.7 Å². The molecule has 0 saturated carbocycles. The van der Waals surface area contributed by atoms with Gasteiger partial charge in [0.25, 0.3) is 0 Å². The first-order valence-electron chi connectivity index (χ1n) is 7.31. The molecule has 0 aliphatic carbocycles. The number of nitrogens with zero attached hydrogens (tertiary/aromatic N) is 3. The van der Waals surface area contributed by atoms with E-state index in [-0.39, 0.29) is 6.42 Å². The highest BCUT2D eigenvalue weighted by atomic mass is 32.2. The van der Waals surface area contributed by atoms with Gasteiger partial charge in [-0.1, -0.05) is 11.8 Å². The lowest BCUT2D eigenvalue weighted by Gasteiger charge is -2.11. The fourth-order valence-corrected chi connectivity index (χ4v) is 4.03. The molecule has 0 unspecified atom stereocenters. The topological polar surface area (TPSA) is 98.9 Å². The molecule has 122 valence electrons. The highest BCUT2D eigenvalue weighted by Gasteiger charge is 2.20. The minimum atomic E-state index is -0.824. The summed E-state index contributed by atoms with van der Waals surface area (Å²) in [5.41, 5.74) is 2.46. The number of benzene rings is 1. The minimum absolute atomic E-state index is 0.0816. The summed E-state index contributed by atoms with van der Waals surface area (Å²) in [7, 11) is 0. The summed E-state index contributed by atoms with van der Waals surface area (Å²) in [4.78, 5) is 20.8. The number of carbonyl (C=O) groups is 1. The number of carboxylic acid groups (broad SMARTS) is 1. The molecule has 0 radical (unpaired) electrons. The van der Waals surface area contributed by atoms with Crippen LogP contribution >= 0.6 is 23.5 Å². The molecule has 1 aromatic heterocycles. The van der Waals surface area contributed by atoms with Crippen molar-refractivity contribution in [2.24, 2.45) is 0 Å². The second kappa shape index (κ2) is 7.55. The lowest BCUT2D eigenvalue weighted by Crippen LogP contribution is -2.03. The van der Waals surface area contributed by atoms with E-state index in [2.05, 4.69) is 21.4 Å². The van der Waals surface area contributed by atoms with E-state index in [0.717, 1.165) is 34.3 Å². The van der Waals surface area contributed by atoms with E-state index >= 15 is 0 Å². The Balaban J connectivity index is 1.81. The number of hydrogen-bond acceptors (Lipinski definition) is 7. The first-order chi connectivity index (χ1) is 11.7. The zero-order chi connectivity index (χ0) is 16.9. The molecule has 3 rings (SSSR count). The molecule has 1 aliphatic rings. The molecule has 6 nitrogen and oxygen atoms in total. The molecule has 8 heteroatoms. The Morgan fingerprint density at radius 3 is 2.88 bits per heavy atom. The van der Waals surface area contributed by atoms with Crippen molar-refractivity contribution in [2.45, 2.75) is 22.9 Å². The van der Waals surface area contributed by atoms with Gasteiger partial charge in [-0.3, -0.25) is 4.79 Å². The van der Waals surface area contributed by atoms with Crippen LogP contribution in [0.4, 0.5) is 11.5 Å². The second-order valence-electron chi connectivity index (χ2n) is 5.04. The van der Waals surface area contributed by atoms with Gasteiger partial charge in [0.1, 0.15) is 5.82 Å². The second-order valence-corrected chi connectivity index (χ2v) is 7.20. The van der Waals surface area contributed by atoms with Gasteiger partial charge in [0.15, 0.2) is 5.16 Å². The smallest absolute Gasteiger partial charge is 0.304 e. The van der Waals surface area contributed by atoms with E-state index in [0.29, 0.717) is 16.5 Å². The van der Waals surface area contributed by atoms with Crippen molar-refractivity contribution < 1.29 is 9.90 Å². The van der Waals surface area contributed by atoms with Crippen LogP contribution in [0.15, 0.2) is 34.3 Å². The summed E-state index contributed by atoms with van der Waals surface area (Å²) < 4.78 is 0. The van der Waals surface area contributed by atoms with Gasteiger partial charge in [-0.15, -0.1) is 11.8 Å². The molecule has 2 heterocycles. The lowest BCUT2D eigenvalue weighted by atomic mass is 10.2. The maximum atomic E-state index is 10.6. The number of aryl methyl sites for hydroxylation is 1. The van der Waals surface area contributed by atoms with Crippen LogP contribution in [-0.4, -0.2) is 32.5 Å². The van der Waals surface area contributed by atoms with Crippen molar-refractivity contribution >= 4 is 41.0 Å². The molecule has 0 bridgehead atoms. The zero-order valence-electron chi connectivity index (χ0n) is 12.7. The van der Waals surface area contributed by atoms with Gasteiger partial charge in [-0.2, -0.15) is 5.26 Å². The van der Waals surface area contributed by atoms with Crippen LogP contribution in [0.5, 0.6) is 0 Å². The van der Waals surface area contributed by atoms with Crippen LogP contribution in [-0.2, 0) is 11.2 Å². The fraction of sp³-hybridized carbons (Fsp3) is 0.250. The molecule has 1 aromatic carbocycles. The first-order valence-corrected chi connectivity index (χ1v) is 9.28. The summed E-state index contributed by atoms with van der Waals surface area (Å²) in [6.07, 6.45) is 0.968. The summed E-state index contributed by atoms with van der Waals surface area (Å²) in [5, 5.41) is 21.5. The largest absolute Gasteiger partial charge is 0.481 e. The Bertz CT molecular complexity index is 803. The number of hydrogen-bond donors (Lipinski definition) is 2. The lowest BCUT2D eigenvalue weighted by molar-refractivity contribution is -0.136. The predicted molar refractivity (Wildman–Crippen MR) is 93.9 cm³/mol. The molecule has 0 fully saturated rings. The Hall–Kier alpha value is -2.24. The molecule has 24 heavy (non-hydrogen) atoms. The van der Waals surface area contributed by atoms with Gasteiger partial charge < -0.3 is 10.4 Å². The van der Waals surface area contributed by atoms with Gasteiger partial charge in [0.2, 0.25) is 0 Å². The minimum Gasteiger partial charge on any atom is -0.481 e. The van der Waals surface area contributed by atoms with Crippen molar-refractivity contribution in [1.29, 1.82) is 5.26 Å². The van der Waals surface area contributed by atoms with Crippen molar-refractivity contribution in [3.8, 4) is 6.07 Å². The predicted octanol–water partition coefficient (Wildman–Crippen LogP) is 3.31. The van der Waals surface area contributed by atoms with Crippen LogP contribution in [0.25, 0.3) is 0 Å². The SMILES string of the molecule is N#Cc1ccc(Nc2nc(SCCC(=O)O)nc3c2SCC3)cc1. The molecule has 2 N–H and O–H groups in total. The van der Waals surface area contributed by atoms with E-state index in [9.17, 15) is 4.79 Å². The number of carboxylic acids is 1. The van der Waals surface area contributed by atoms with E-state index in [1.54, 1.807) is 23.9 Å². The first kappa shape index (κ1) is 16.6. The fourth-order valence-electron chi connectivity index (χ4n) is 2.19. The van der Waals surface area contributed by atoms with Gasteiger partial charge >= 0.3 is 5.97 Å². The number of rotatable bonds is 6. The highest BCUT2D eigenvalue weighted by molar-refractivity contribution is 8.00. The summed E-state index contributed by atoms with van der Waals surface area (Å²) in [6.45, 7) is 0. The average molecular weight is 358 g/mol. The Morgan fingerprint density at radius 2 is 2.17 bits per heavy atom. The quantitative estimate of drug-likeness (QED) is 0.599. The number of thioether (sulfide) groups is 2. The average Bonchev–Trinajstić information content (AvgIpc) is 3.04. The van der Waals surface area contributed by atoms with E-state index in [1.165, 1.54) is 11.8 Å². The molecular weight excluding hydrogens is 344 g/mol. The maximum absolute atomic E-state index is 10.6. The molecule has 0 saturated heterocycles. The van der Waals surface area contributed by atoms with E-state index in [4.69, 9.17) is 10.4 Å². The molecule has 1 aliphatic heterocycles. The zero-order valence-corrected chi connectivity index (χ0v) is 14.3. The van der Waals surface area contributed by atoms with Crippen molar-refractivity contribution in [3.05, 3.63) is 35.5 Å². The molecule has 2 aromatic rings. The van der Waals surface area contributed by atoms with Crippen LogP contribution in [0.3, 0.4) is 0 Å². The number of nitriles is 1. The number of anilines is 2. The Kier molecular flexibility index (Phi) is 5.23. The third kappa shape index (κ3) is 3.99. The number of fused-ring (bicyclic) bond motifs is 1. The monoisotopic (exact) mass is 358 g/mol. The van der Waals surface area contributed by atoms with Crippen LogP contribution < -0.4 is 5.32 Å². The molecular formula is C16H14N4O2S2. The highest BCUT2D eigenvalue weighted by Crippen LogP contribution is 2.37. The van der Waals surface area contributed by atoms with Gasteiger partial charge in [-0.05, 0) is 24.3 Å². The Labute approximate surface area is 147 Å². The molecule has 0 amide bonds. The van der Waals surface area contributed by atoms with Gasteiger partial charge in [0, 0.05) is 23.6 Å². The van der Waals surface area contributed by atoms with Crippen LogP contribution in [0, 0.1) is 11.3 Å². The van der Waals surface area contributed by atoms with Gasteiger partial charge in [0.05, 0.1) is 28.6 Å². The van der Waals surface area contributed by atoms with Crippen LogP contribution in [0.2, 0.25) is 0 Å². The van der Waals surface area contributed by atoms with Gasteiger partial charge in [-0.25, -0.2) is 9.97 Å². The van der Waals surface area contributed by atoms with Crippen molar-refractivity contribution in [3.63, 3.8) is 0 Å². The summed E-state index contributed by atoms with van der Waals surface area (Å²) in [5.74, 6) is 1.33. The standard InChI is InChI=1S/C16H14N4O2S2/c17-9-10-1-3-11(4-2-10)18-15-14-12(5-7-23-14)19-16(20-15)24-8-6-13(21)22/h1-4H,5-8H2,(H,21,22)(H,18,19,20). The summed E-state index contributed by atoms with van der Waals surface area (Å²) in [6, 6.07) is 9.27. The Morgan fingerprint density at radius 1 is 1.38 bits per heavy atom. The third-order valence-electron chi connectivity index (χ3n) is 3.32. The van der Waals surface area contributed by atoms with E-state index in [1.807, 2.05) is 12.1 Å². The maximum Gasteiger partial charge on any atom is 0.304 e. The number of nitrogens with one attached hydrogen (secondary N) is 1.